The molecule has 0 fully saturated rings. The summed E-state index contributed by atoms with van der Waals surface area (Å²) in [5, 5.41) is 2.72. The van der Waals surface area contributed by atoms with Crippen LogP contribution in [0.4, 0.5) is 5.69 Å². The summed E-state index contributed by atoms with van der Waals surface area (Å²) in [6.07, 6.45) is 3.19. The SMILES string of the molecule is CCOC(=O)c1ccccc1NC(=O)/C=C\c1ccc(C(C)C)cc1. The van der Waals surface area contributed by atoms with Crippen molar-refractivity contribution < 1.29 is 14.3 Å². The molecule has 0 heterocycles. The van der Waals surface area contributed by atoms with Crippen LogP contribution in [0.25, 0.3) is 6.08 Å². The molecule has 0 radical (unpaired) electrons. The molecule has 0 aliphatic heterocycles. The van der Waals surface area contributed by atoms with Crippen LogP contribution >= 0.6 is 0 Å². The van der Waals surface area contributed by atoms with Crippen molar-refractivity contribution in [1.82, 2.24) is 0 Å². The van der Waals surface area contributed by atoms with Crippen molar-refractivity contribution in [3.8, 4) is 0 Å². The first kappa shape index (κ1) is 18.5. The zero-order valence-electron chi connectivity index (χ0n) is 14.8. The summed E-state index contributed by atoms with van der Waals surface area (Å²) in [7, 11) is 0. The number of hydrogen-bond donors (Lipinski definition) is 1. The highest BCUT2D eigenvalue weighted by atomic mass is 16.5. The summed E-state index contributed by atoms with van der Waals surface area (Å²) < 4.78 is 5.00. The molecule has 130 valence electrons. The van der Waals surface area contributed by atoms with Gasteiger partial charge >= 0.3 is 5.97 Å². The van der Waals surface area contributed by atoms with Gasteiger partial charge in [-0.05, 0) is 42.2 Å². The highest BCUT2D eigenvalue weighted by Crippen LogP contribution is 2.17. The van der Waals surface area contributed by atoms with Crippen LogP contribution in [0, 0.1) is 0 Å². The van der Waals surface area contributed by atoms with Crippen molar-refractivity contribution in [1.29, 1.82) is 0 Å². The van der Waals surface area contributed by atoms with Crippen molar-refractivity contribution in [2.24, 2.45) is 0 Å². The van der Waals surface area contributed by atoms with E-state index in [2.05, 4.69) is 31.3 Å². The molecule has 0 aliphatic carbocycles. The smallest absolute Gasteiger partial charge is 0.340 e. The van der Waals surface area contributed by atoms with E-state index in [4.69, 9.17) is 4.74 Å². The van der Waals surface area contributed by atoms with Gasteiger partial charge in [0.15, 0.2) is 0 Å². The first-order chi connectivity index (χ1) is 12.0. The molecule has 2 aromatic rings. The van der Waals surface area contributed by atoms with Gasteiger partial charge in [0.1, 0.15) is 0 Å². The molecule has 0 aliphatic rings. The van der Waals surface area contributed by atoms with Crippen LogP contribution in [-0.4, -0.2) is 18.5 Å². The van der Waals surface area contributed by atoms with Gasteiger partial charge in [-0.15, -0.1) is 0 Å². The average molecular weight is 337 g/mol. The van der Waals surface area contributed by atoms with E-state index in [1.54, 1.807) is 37.3 Å². The lowest BCUT2D eigenvalue weighted by Gasteiger charge is -2.08. The highest BCUT2D eigenvalue weighted by molar-refractivity contribution is 6.06. The fourth-order valence-corrected chi connectivity index (χ4v) is 2.32. The number of para-hydroxylation sites is 1. The Bertz CT molecular complexity index is 761. The number of anilines is 1. The van der Waals surface area contributed by atoms with Gasteiger partial charge in [0, 0.05) is 6.08 Å². The normalized spacial score (nSPS) is 10.9. The number of amides is 1. The second-order valence-electron chi connectivity index (χ2n) is 5.91. The molecule has 25 heavy (non-hydrogen) atoms. The van der Waals surface area contributed by atoms with E-state index in [0.717, 1.165) is 5.56 Å². The molecular formula is C21H23NO3. The van der Waals surface area contributed by atoms with Crippen molar-refractivity contribution in [3.63, 3.8) is 0 Å². The van der Waals surface area contributed by atoms with Gasteiger partial charge in [-0.3, -0.25) is 4.79 Å². The molecule has 0 saturated heterocycles. The molecule has 4 heteroatoms. The van der Waals surface area contributed by atoms with Gasteiger partial charge in [-0.25, -0.2) is 4.79 Å². The van der Waals surface area contributed by atoms with Gasteiger partial charge in [-0.1, -0.05) is 50.2 Å². The van der Waals surface area contributed by atoms with Crippen LogP contribution in [0.1, 0.15) is 48.2 Å². The summed E-state index contributed by atoms with van der Waals surface area (Å²) in [5.74, 6) is -0.281. The van der Waals surface area contributed by atoms with E-state index in [0.29, 0.717) is 17.2 Å². The number of rotatable bonds is 6. The summed E-state index contributed by atoms with van der Waals surface area (Å²) in [6, 6.07) is 14.9. The van der Waals surface area contributed by atoms with E-state index in [1.807, 2.05) is 12.1 Å². The third-order valence-corrected chi connectivity index (χ3v) is 3.71. The number of benzene rings is 2. The molecule has 2 rings (SSSR count). The van der Waals surface area contributed by atoms with Crippen molar-refractivity contribution in [2.75, 3.05) is 11.9 Å². The monoisotopic (exact) mass is 337 g/mol. The molecule has 0 aromatic heterocycles. The Hall–Kier alpha value is -2.88. The highest BCUT2D eigenvalue weighted by Gasteiger charge is 2.12. The maximum absolute atomic E-state index is 12.1. The van der Waals surface area contributed by atoms with E-state index < -0.39 is 5.97 Å². The lowest BCUT2D eigenvalue weighted by Crippen LogP contribution is -2.13. The van der Waals surface area contributed by atoms with Crippen LogP contribution in [-0.2, 0) is 9.53 Å². The molecule has 0 unspecified atom stereocenters. The predicted octanol–water partition coefficient (Wildman–Crippen LogP) is 4.64. The largest absolute Gasteiger partial charge is 0.462 e. The Morgan fingerprint density at radius 2 is 1.76 bits per heavy atom. The van der Waals surface area contributed by atoms with Gasteiger partial charge in [0.2, 0.25) is 5.91 Å². The molecule has 0 spiro atoms. The van der Waals surface area contributed by atoms with Crippen molar-refractivity contribution in [3.05, 3.63) is 71.3 Å². The van der Waals surface area contributed by atoms with Gasteiger partial charge in [-0.2, -0.15) is 0 Å². The minimum absolute atomic E-state index is 0.285. The zero-order chi connectivity index (χ0) is 18.2. The number of carbonyl (C=O) groups is 2. The molecule has 2 aromatic carbocycles. The van der Waals surface area contributed by atoms with E-state index >= 15 is 0 Å². The number of hydrogen-bond acceptors (Lipinski definition) is 3. The van der Waals surface area contributed by atoms with Crippen molar-refractivity contribution in [2.45, 2.75) is 26.7 Å². The lowest BCUT2D eigenvalue weighted by atomic mass is 10.0. The Morgan fingerprint density at radius 3 is 2.40 bits per heavy atom. The maximum Gasteiger partial charge on any atom is 0.340 e. The topological polar surface area (TPSA) is 55.4 Å². The van der Waals surface area contributed by atoms with E-state index in [1.165, 1.54) is 11.6 Å². The second kappa shape index (κ2) is 8.83. The Kier molecular flexibility index (Phi) is 6.52. The third-order valence-electron chi connectivity index (χ3n) is 3.71. The summed E-state index contributed by atoms with van der Waals surface area (Å²) in [4.78, 5) is 24.1. The van der Waals surface area contributed by atoms with Gasteiger partial charge < -0.3 is 10.1 Å². The number of ether oxygens (including phenoxy) is 1. The minimum Gasteiger partial charge on any atom is -0.462 e. The number of carbonyl (C=O) groups excluding carboxylic acids is 2. The fourth-order valence-electron chi connectivity index (χ4n) is 2.32. The minimum atomic E-state index is -0.452. The van der Waals surface area contributed by atoms with Crippen molar-refractivity contribution >= 4 is 23.6 Å². The van der Waals surface area contributed by atoms with Crippen LogP contribution in [0.15, 0.2) is 54.6 Å². The molecule has 1 amide bonds. The first-order valence-corrected chi connectivity index (χ1v) is 8.36. The summed E-state index contributed by atoms with van der Waals surface area (Å²) in [5.41, 5.74) is 2.97. The van der Waals surface area contributed by atoms with E-state index in [-0.39, 0.29) is 12.5 Å². The molecule has 0 saturated carbocycles. The molecular weight excluding hydrogens is 314 g/mol. The lowest BCUT2D eigenvalue weighted by molar-refractivity contribution is -0.111. The fraction of sp³-hybridized carbons (Fsp3) is 0.238. The molecule has 1 N–H and O–H groups in total. The maximum atomic E-state index is 12.1. The molecule has 4 nitrogen and oxygen atoms in total. The molecule has 0 atom stereocenters. The Balaban J connectivity index is 2.06. The number of nitrogens with one attached hydrogen (secondary N) is 1. The van der Waals surface area contributed by atoms with Crippen LogP contribution < -0.4 is 5.32 Å². The molecule has 0 bridgehead atoms. The standard InChI is InChI=1S/C21H23NO3/c1-4-25-21(24)18-7-5-6-8-19(18)22-20(23)14-11-16-9-12-17(13-10-16)15(2)3/h5-15H,4H2,1-3H3,(H,22,23)/b14-11-. The quantitative estimate of drug-likeness (QED) is 0.617. The number of esters is 1. The van der Waals surface area contributed by atoms with Gasteiger partial charge in [0.25, 0.3) is 0 Å². The van der Waals surface area contributed by atoms with Crippen LogP contribution in [0.2, 0.25) is 0 Å². The second-order valence-corrected chi connectivity index (χ2v) is 5.91. The van der Waals surface area contributed by atoms with E-state index in [9.17, 15) is 9.59 Å². The van der Waals surface area contributed by atoms with Gasteiger partial charge in [0.05, 0.1) is 17.9 Å². The first-order valence-electron chi connectivity index (χ1n) is 8.36. The Morgan fingerprint density at radius 1 is 1.08 bits per heavy atom. The zero-order valence-corrected chi connectivity index (χ0v) is 14.8. The predicted molar refractivity (Wildman–Crippen MR) is 101 cm³/mol. The third kappa shape index (κ3) is 5.31. The Labute approximate surface area is 148 Å². The summed E-state index contributed by atoms with van der Waals surface area (Å²) in [6.45, 7) is 6.30. The average Bonchev–Trinajstić information content (AvgIpc) is 2.61. The van der Waals surface area contributed by atoms with Crippen LogP contribution in [0.3, 0.4) is 0 Å². The van der Waals surface area contributed by atoms with Crippen LogP contribution in [0.5, 0.6) is 0 Å². The summed E-state index contributed by atoms with van der Waals surface area (Å²) >= 11 is 0.